The molecule has 0 saturated carbocycles. The molecule has 2 atom stereocenters. The van der Waals surface area contributed by atoms with Gasteiger partial charge in [0.15, 0.2) is 0 Å². The number of piperidine rings is 1. The number of aromatic hydroxyl groups is 1. The Bertz CT molecular complexity index is 1660. The molecule has 42 heavy (non-hydrogen) atoms. The maximum absolute atomic E-state index is 13.7. The number of halogens is 1. The normalized spacial score (nSPS) is 20.2. The summed E-state index contributed by atoms with van der Waals surface area (Å²) in [5.74, 6) is -0.821. The molecule has 3 heterocycles. The van der Waals surface area contributed by atoms with Gasteiger partial charge in [0.05, 0.1) is 28.8 Å². The third-order valence-electron chi connectivity index (χ3n) is 7.70. The maximum atomic E-state index is 13.7. The number of aliphatic hydroxyl groups excluding tert-OH is 1. The second-order valence-corrected chi connectivity index (χ2v) is 14.3. The van der Waals surface area contributed by atoms with Gasteiger partial charge in [0.1, 0.15) is 34.9 Å². The van der Waals surface area contributed by atoms with Crippen LogP contribution in [-0.2, 0) is 24.8 Å². The van der Waals surface area contributed by atoms with E-state index >= 15 is 0 Å². The van der Waals surface area contributed by atoms with E-state index in [1.165, 1.54) is 35.6 Å². The predicted molar refractivity (Wildman–Crippen MR) is 151 cm³/mol. The number of ether oxygens (including phenoxy) is 2. The Morgan fingerprint density at radius 3 is 2.69 bits per heavy atom. The Morgan fingerprint density at radius 2 is 1.95 bits per heavy atom. The molecule has 15 heteroatoms. The fourth-order valence-corrected chi connectivity index (χ4v) is 7.57. The first-order valence-electron chi connectivity index (χ1n) is 13.4. The highest BCUT2D eigenvalue weighted by Crippen LogP contribution is 2.39. The Kier molecular flexibility index (Phi) is 8.72. The minimum Gasteiger partial charge on any atom is -0.506 e. The molecule has 2 aromatic carbocycles. The first-order valence-corrected chi connectivity index (χ1v) is 16.3. The number of sulfonamides is 2. The minimum atomic E-state index is -4.08. The molecule has 0 bridgehead atoms. The summed E-state index contributed by atoms with van der Waals surface area (Å²) in [7, 11) is -6.37. The van der Waals surface area contributed by atoms with Crippen molar-refractivity contribution in [3.8, 4) is 11.5 Å². The second-order valence-electron chi connectivity index (χ2n) is 10.5. The van der Waals surface area contributed by atoms with E-state index in [0.29, 0.717) is 31.6 Å². The quantitative estimate of drug-likeness (QED) is 0.258. The molecule has 3 aromatic rings. The lowest BCUT2D eigenvalue weighted by atomic mass is 9.88. The summed E-state index contributed by atoms with van der Waals surface area (Å²) in [5, 5.41) is 24.3. The van der Waals surface area contributed by atoms with Gasteiger partial charge in [0.25, 0.3) is 0 Å². The van der Waals surface area contributed by atoms with Crippen LogP contribution in [0.25, 0.3) is 10.9 Å². The molecule has 0 amide bonds. The Labute approximate surface area is 243 Å². The summed E-state index contributed by atoms with van der Waals surface area (Å²) >= 11 is 0. The number of aliphatic hydroxyl groups is 1. The van der Waals surface area contributed by atoms with Crippen molar-refractivity contribution in [1.29, 1.82) is 0 Å². The SMILES string of the molecule is CNS(=O)(=O)c1cccc(OCC(O)CN[C@H]2COC3(CCN(S(=O)(=O)c4cnc5ccc(F)cc5c4O)CC3)C2)c1. The van der Waals surface area contributed by atoms with Crippen molar-refractivity contribution >= 4 is 30.9 Å². The van der Waals surface area contributed by atoms with Gasteiger partial charge in [-0.3, -0.25) is 4.98 Å². The van der Waals surface area contributed by atoms with Gasteiger partial charge in [0.2, 0.25) is 20.0 Å². The Morgan fingerprint density at radius 1 is 1.19 bits per heavy atom. The van der Waals surface area contributed by atoms with E-state index in [-0.39, 0.29) is 53.0 Å². The van der Waals surface area contributed by atoms with Crippen molar-refractivity contribution < 1.29 is 40.9 Å². The molecular weight excluding hydrogens is 591 g/mol. The minimum absolute atomic E-state index is 0.0282. The molecule has 2 aliphatic heterocycles. The van der Waals surface area contributed by atoms with Crippen molar-refractivity contribution in [3.63, 3.8) is 0 Å². The van der Waals surface area contributed by atoms with E-state index in [0.717, 1.165) is 12.3 Å². The lowest BCUT2D eigenvalue weighted by Gasteiger charge is -2.38. The zero-order valence-electron chi connectivity index (χ0n) is 22.9. The second kappa shape index (κ2) is 12.0. The summed E-state index contributed by atoms with van der Waals surface area (Å²) in [5.41, 5.74) is -0.230. The predicted octanol–water partition coefficient (Wildman–Crippen LogP) is 1.33. The molecular formula is C27H33FN4O8S2. The van der Waals surface area contributed by atoms with Crippen LogP contribution < -0.4 is 14.8 Å². The van der Waals surface area contributed by atoms with Crippen LogP contribution in [0.1, 0.15) is 19.3 Å². The van der Waals surface area contributed by atoms with Crippen LogP contribution in [-0.4, -0.2) is 94.0 Å². The molecule has 2 fully saturated rings. The fraction of sp³-hybridized carbons (Fsp3) is 0.444. The number of rotatable bonds is 10. The van der Waals surface area contributed by atoms with E-state index in [1.54, 1.807) is 12.1 Å². The summed E-state index contributed by atoms with van der Waals surface area (Å²) in [4.78, 5) is 3.78. The number of hydrogen-bond acceptors (Lipinski definition) is 10. The van der Waals surface area contributed by atoms with Crippen molar-refractivity contribution in [1.82, 2.24) is 19.3 Å². The number of nitrogens with one attached hydrogen (secondary N) is 2. The number of aromatic nitrogens is 1. The average molecular weight is 625 g/mol. The summed E-state index contributed by atoms with van der Waals surface area (Å²) in [6.07, 6.45) is 1.74. The summed E-state index contributed by atoms with van der Waals surface area (Å²) in [6, 6.07) is 9.54. The van der Waals surface area contributed by atoms with Crippen LogP contribution in [0.15, 0.2) is 58.5 Å². The zero-order valence-corrected chi connectivity index (χ0v) is 24.5. The average Bonchev–Trinajstić information content (AvgIpc) is 3.37. The van der Waals surface area contributed by atoms with Crippen LogP contribution in [0.4, 0.5) is 4.39 Å². The molecule has 2 aliphatic rings. The summed E-state index contributed by atoms with van der Waals surface area (Å²) < 4.78 is 79.5. The number of fused-ring (bicyclic) bond motifs is 1. The van der Waals surface area contributed by atoms with Crippen molar-refractivity contribution in [2.45, 2.75) is 46.8 Å². The van der Waals surface area contributed by atoms with Gasteiger partial charge in [-0.2, -0.15) is 4.31 Å². The Balaban J connectivity index is 1.12. The number of pyridine rings is 1. The molecule has 1 spiro atoms. The molecule has 4 N–H and O–H groups in total. The van der Waals surface area contributed by atoms with Crippen LogP contribution >= 0.6 is 0 Å². The molecule has 228 valence electrons. The number of nitrogens with zero attached hydrogens (tertiary/aromatic N) is 2. The van der Waals surface area contributed by atoms with Gasteiger partial charge in [0, 0.05) is 37.1 Å². The molecule has 1 unspecified atom stereocenters. The highest BCUT2D eigenvalue weighted by molar-refractivity contribution is 7.89. The number of hydrogen-bond donors (Lipinski definition) is 4. The fourth-order valence-electron chi connectivity index (χ4n) is 5.32. The van der Waals surface area contributed by atoms with Crippen LogP contribution in [0.5, 0.6) is 11.5 Å². The van der Waals surface area contributed by atoms with E-state index < -0.39 is 43.3 Å². The molecule has 1 aromatic heterocycles. The molecule has 12 nitrogen and oxygen atoms in total. The van der Waals surface area contributed by atoms with E-state index in [1.807, 2.05) is 0 Å². The highest BCUT2D eigenvalue weighted by atomic mass is 32.2. The van der Waals surface area contributed by atoms with Crippen LogP contribution in [0, 0.1) is 5.82 Å². The lowest BCUT2D eigenvalue weighted by molar-refractivity contribution is -0.0312. The first kappa shape index (κ1) is 30.5. The van der Waals surface area contributed by atoms with Crippen molar-refractivity contribution in [3.05, 3.63) is 54.5 Å². The summed E-state index contributed by atoms with van der Waals surface area (Å²) in [6.45, 7) is 0.910. The highest BCUT2D eigenvalue weighted by Gasteiger charge is 2.45. The third-order valence-corrected chi connectivity index (χ3v) is 11.0. The lowest BCUT2D eigenvalue weighted by Crippen LogP contribution is -2.47. The third kappa shape index (κ3) is 6.37. The molecule has 2 saturated heterocycles. The first-order chi connectivity index (χ1) is 19.9. The van der Waals surface area contributed by atoms with Gasteiger partial charge in [-0.25, -0.2) is 25.9 Å². The van der Waals surface area contributed by atoms with Gasteiger partial charge in [-0.15, -0.1) is 0 Å². The monoisotopic (exact) mass is 624 g/mol. The largest absolute Gasteiger partial charge is 0.506 e. The molecule has 5 rings (SSSR count). The molecule has 0 radical (unpaired) electrons. The van der Waals surface area contributed by atoms with Crippen LogP contribution in [0.3, 0.4) is 0 Å². The maximum Gasteiger partial charge on any atom is 0.248 e. The van der Waals surface area contributed by atoms with E-state index in [9.17, 15) is 31.4 Å². The van der Waals surface area contributed by atoms with Gasteiger partial charge < -0.3 is 25.0 Å². The Hall–Kier alpha value is -2.92. The van der Waals surface area contributed by atoms with Crippen molar-refractivity contribution in [2.75, 3.05) is 39.9 Å². The molecule has 0 aliphatic carbocycles. The standard InChI is InChI=1S/C27H33FN4O8S2/c1-29-41(35,36)22-4-2-3-21(12-22)39-17-20(33)14-30-19-13-27(40-16-19)7-9-32(10-8-27)42(37,38)25-15-31-24-6-5-18(28)11-23(24)26(25)34/h2-6,11-12,15,19-20,29-30,33H,7-10,13-14,16-17H2,1H3,(H,31,34)/t19-,20?/m1/s1. The van der Waals surface area contributed by atoms with Gasteiger partial charge in [-0.1, -0.05) is 6.07 Å². The zero-order chi connectivity index (χ0) is 30.1. The van der Waals surface area contributed by atoms with Crippen LogP contribution in [0.2, 0.25) is 0 Å². The van der Waals surface area contributed by atoms with Gasteiger partial charge in [-0.05, 0) is 56.6 Å². The smallest absolute Gasteiger partial charge is 0.248 e. The van der Waals surface area contributed by atoms with Crippen molar-refractivity contribution in [2.24, 2.45) is 0 Å². The topological polar surface area (TPSA) is 167 Å². The van der Waals surface area contributed by atoms with E-state index in [2.05, 4.69) is 15.0 Å². The number of benzene rings is 2. The van der Waals surface area contributed by atoms with Gasteiger partial charge >= 0.3 is 0 Å². The van der Waals surface area contributed by atoms with E-state index in [4.69, 9.17) is 9.47 Å².